The molecule has 0 amide bonds. The Morgan fingerprint density at radius 1 is 1.00 bits per heavy atom. The molecule has 2 rings (SSSR count). The third kappa shape index (κ3) is 2.91. The molecule has 6 heteroatoms. The van der Waals surface area contributed by atoms with Crippen LogP contribution < -0.4 is 4.74 Å². The lowest BCUT2D eigenvalue weighted by atomic mass is 10.3. The summed E-state index contributed by atoms with van der Waals surface area (Å²) in [5.74, 6) is 0.594. The fourth-order valence-electron chi connectivity index (χ4n) is 1.35. The van der Waals surface area contributed by atoms with Gasteiger partial charge in [0.05, 0.1) is 4.92 Å². The van der Waals surface area contributed by atoms with Gasteiger partial charge in [0.15, 0.2) is 0 Å². The van der Waals surface area contributed by atoms with Crippen LogP contribution in [0.3, 0.4) is 0 Å². The van der Waals surface area contributed by atoms with Gasteiger partial charge in [-0.25, -0.2) is 0 Å². The smallest absolute Gasteiger partial charge is 0.313 e. The van der Waals surface area contributed by atoms with Crippen LogP contribution in [0.15, 0.2) is 42.5 Å². The van der Waals surface area contributed by atoms with Crippen LogP contribution in [-0.2, 0) is 0 Å². The van der Waals surface area contributed by atoms with Gasteiger partial charge in [0.1, 0.15) is 5.75 Å². The summed E-state index contributed by atoms with van der Waals surface area (Å²) >= 11 is 11.4. The number of benzene rings is 2. The summed E-state index contributed by atoms with van der Waals surface area (Å²) in [6.07, 6.45) is 0. The van der Waals surface area contributed by atoms with Gasteiger partial charge in [0.2, 0.25) is 5.75 Å². The zero-order chi connectivity index (χ0) is 13.1. The first-order valence-electron chi connectivity index (χ1n) is 4.93. The van der Waals surface area contributed by atoms with E-state index in [2.05, 4.69) is 0 Å². The van der Waals surface area contributed by atoms with Crippen LogP contribution >= 0.6 is 23.2 Å². The Morgan fingerprint density at radius 2 is 1.61 bits per heavy atom. The van der Waals surface area contributed by atoms with Crippen LogP contribution in [0.5, 0.6) is 11.5 Å². The number of nitrogens with zero attached hydrogens (tertiary/aromatic N) is 1. The summed E-state index contributed by atoms with van der Waals surface area (Å²) in [7, 11) is 0. The number of rotatable bonds is 3. The summed E-state index contributed by atoms with van der Waals surface area (Å²) in [6, 6.07) is 10.8. The van der Waals surface area contributed by atoms with Gasteiger partial charge in [0.25, 0.3) is 0 Å². The lowest BCUT2D eigenvalue weighted by Crippen LogP contribution is -1.93. The molecule has 0 fully saturated rings. The van der Waals surface area contributed by atoms with Crippen LogP contribution in [0, 0.1) is 10.1 Å². The minimum absolute atomic E-state index is 0.131. The Kier molecular flexibility index (Phi) is 3.69. The summed E-state index contributed by atoms with van der Waals surface area (Å²) < 4.78 is 5.42. The molecule has 0 heterocycles. The van der Waals surface area contributed by atoms with E-state index in [0.717, 1.165) is 0 Å². The van der Waals surface area contributed by atoms with Crippen molar-refractivity contribution in [2.24, 2.45) is 0 Å². The highest BCUT2D eigenvalue weighted by Gasteiger charge is 2.16. The average molecular weight is 284 g/mol. The second kappa shape index (κ2) is 5.25. The fraction of sp³-hybridized carbons (Fsp3) is 0. The molecule has 92 valence electrons. The lowest BCUT2D eigenvalue weighted by Gasteiger charge is -2.06. The van der Waals surface area contributed by atoms with Crippen molar-refractivity contribution in [2.75, 3.05) is 0 Å². The summed E-state index contributed by atoms with van der Waals surface area (Å²) in [5.41, 5.74) is -0.183. The second-order valence-electron chi connectivity index (χ2n) is 3.43. The zero-order valence-corrected chi connectivity index (χ0v) is 10.5. The van der Waals surface area contributed by atoms with E-state index in [9.17, 15) is 10.1 Å². The predicted molar refractivity (Wildman–Crippen MR) is 69.6 cm³/mol. The van der Waals surface area contributed by atoms with Gasteiger partial charge in [-0.2, -0.15) is 0 Å². The standard InChI is InChI=1S/C12H7Cl2NO3/c13-8-1-4-10(5-2-8)18-12-6-3-9(14)7-11(12)15(16)17/h1-7H. The number of halogens is 2. The number of hydrogen-bond acceptors (Lipinski definition) is 3. The minimum atomic E-state index is -0.545. The maximum absolute atomic E-state index is 10.9. The molecule has 0 atom stereocenters. The lowest BCUT2D eigenvalue weighted by molar-refractivity contribution is -0.385. The molecule has 0 radical (unpaired) electrons. The molecule has 0 saturated carbocycles. The molecule has 0 unspecified atom stereocenters. The maximum Gasteiger partial charge on any atom is 0.313 e. The van der Waals surface area contributed by atoms with Crippen molar-refractivity contribution in [1.29, 1.82) is 0 Å². The number of nitro benzene ring substituents is 1. The Labute approximate surface area is 113 Å². The van der Waals surface area contributed by atoms with Crippen molar-refractivity contribution in [3.63, 3.8) is 0 Å². The van der Waals surface area contributed by atoms with Crippen LogP contribution in [0.25, 0.3) is 0 Å². The third-order valence-corrected chi connectivity index (χ3v) is 2.65. The normalized spacial score (nSPS) is 10.1. The van der Waals surface area contributed by atoms with Gasteiger partial charge in [-0.05, 0) is 36.4 Å². The highest BCUT2D eigenvalue weighted by molar-refractivity contribution is 6.31. The van der Waals surface area contributed by atoms with E-state index in [1.165, 1.54) is 18.2 Å². The molecule has 0 N–H and O–H groups in total. The number of hydrogen-bond donors (Lipinski definition) is 0. The van der Waals surface area contributed by atoms with Gasteiger partial charge in [-0.1, -0.05) is 23.2 Å². The Morgan fingerprint density at radius 3 is 2.22 bits per heavy atom. The molecular weight excluding hydrogens is 277 g/mol. The van der Waals surface area contributed by atoms with Gasteiger partial charge in [-0.15, -0.1) is 0 Å². The van der Waals surface area contributed by atoms with Crippen LogP contribution in [0.2, 0.25) is 10.0 Å². The van der Waals surface area contributed by atoms with Crippen molar-refractivity contribution >= 4 is 28.9 Å². The Hall–Kier alpha value is -1.78. The molecule has 2 aromatic carbocycles. The van der Waals surface area contributed by atoms with Crippen LogP contribution in [-0.4, -0.2) is 4.92 Å². The fourth-order valence-corrected chi connectivity index (χ4v) is 1.64. The zero-order valence-electron chi connectivity index (χ0n) is 8.97. The number of nitro groups is 1. The SMILES string of the molecule is O=[N+]([O-])c1cc(Cl)ccc1Oc1ccc(Cl)cc1. The monoisotopic (exact) mass is 283 g/mol. The molecule has 0 saturated heterocycles. The molecule has 0 aliphatic rings. The van der Waals surface area contributed by atoms with Crippen LogP contribution in [0.1, 0.15) is 0 Å². The van der Waals surface area contributed by atoms with Crippen molar-refractivity contribution in [2.45, 2.75) is 0 Å². The van der Waals surface area contributed by atoms with E-state index in [1.54, 1.807) is 24.3 Å². The first-order chi connectivity index (χ1) is 8.56. The summed E-state index contributed by atoms with van der Waals surface area (Å²) in [4.78, 5) is 10.3. The minimum Gasteiger partial charge on any atom is -0.450 e. The van der Waals surface area contributed by atoms with Gasteiger partial charge in [-0.3, -0.25) is 10.1 Å². The van der Waals surface area contributed by atoms with E-state index in [4.69, 9.17) is 27.9 Å². The van der Waals surface area contributed by atoms with Crippen LogP contribution in [0.4, 0.5) is 5.69 Å². The van der Waals surface area contributed by atoms with Crippen molar-refractivity contribution < 1.29 is 9.66 Å². The molecule has 0 aliphatic carbocycles. The molecule has 0 spiro atoms. The van der Waals surface area contributed by atoms with Crippen molar-refractivity contribution in [1.82, 2.24) is 0 Å². The first-order valence-corrected chi connectivity index (χ1v) is 5.69. The summed E-state index contributed by atoms with van der Waals surface area (Å²) in [5, 5.41) is 11.7. The van der Waals surface area contributed by atoms with Gasteiger partial charge in [0, 0.05) is 16.1 Å². The predicted octanol–water partition coefficient (Wildman–Crippen LogP) is 4.69. The quantitative estimate of drug-likeness (QED) is 0.606. The Bertz CT molecular complexity index is 584. The van der Waals surface area contributed by atoms with E-state index >= 15 is 0 Å². The highest BCUT2D eigenvalue weighted by atomic mass is 35.5. The highest BCUT2D eigenvalue weighted by Crippen LogP contribution is 2.33. The van der Waals surface area contributed by atoms with Gasteiger partial charge >= 0.3 is 5.69 Å². The molecule has 2 aromatic rings. The second-order valence-corrected chi connectivity index (χ2v) is 4.30. The molecule has 0 bridgehead atoms. The Balaban J connectivity index is 2.34. The molecule has 0 aromatic heterocycles. The van der Waals surface area contributed by atoms with E-state index < -0.39 is 4.92 Å². The first kappa shape index (κ1) is 12.7. The van der Waals surface area contributed by atoms with E-state index in [0.29, 0.717) is 10.8 Å². The third-order valence-electron chi connectivity index (χ3n) is 2.16. The maximum atomic E-state index is 10.9. The molecule has 4 nitrogen and oxygen atoms in total. The van der Waals surface area contributed by atoms with Crippen molar-refractivity contribution in [3.8, 4) is 11.5 Å². The summed E-state index contributed by atoms with van der Waals surface area (Å²) in [6.45, 7) is 0. The van der Waals surface area contributed by atoms with E-state index in [-0.39, 0.29) is 16.5 Å². The topological polar surface area (TPSA) is 52.4 Å². The average Bonchev–Trinajstić information content (AvgIpc) is 2.34. The number of ether oxygens (including phenoxy) is 1. The van der Waals surface area contributed by atoms with E-state index in [1.807, 2.05) is 0 Å². The largest absolute Gasteiger partial charge is 0.450 e. The molecule has 0 aliphatic heterocycles. The van der Waals surface area contributed by atoms with Crippen molar-refractivity contribution in [3.05, 3.63) is 62.6 Å². The molecular formula is C12H7Cl2NO3. The van der Waals surface area contributed by atoms with Gasteiger partial charge < -0.3 is 4.74 Å². The molecule has 18 heavy (non-hydrogen) atoms.